The van der Waals surface area contributed by atoms with Crippen molar-refractivity contribution in [2.75, 3.05) is 20.2 Å². The quantitative estimate of drug-likeness (QED) is 0.742. The lowest BCUT2D eigenvalue weighted by atomic mass is 10.4. The number of carbonyl (C=O) groups excluding carboxylic acids is 1. The number of rotatable bonds is 5. The lowest BCUT2D eigenvalue weighted by Crippen LogP contribution is -2.29. The first-order valence-corrected chi connectivity index (χ1v) is 6.29. The van der Waals surface area contributed by atoms with Gasteiger partial charge < -0.3 is 14.9 Å². The molecule has 0 aromatic carbocycles. The first-order chi connectivity index (χ1) is 7.92. The highest BCUT2D eigenvalue weighted by molar-refractivity contribution is 7.89. The Kier molecular flexibility index (Phi) is 6.33. The molecule has 0 atom stereocenters. The van der Waals surface area contributed by atoms with Crippen LogP contribution in [0.15, 0.2) is 15.4 Å². The number of methoxy groups -OCH3 is 1. The second-order valence-electron chi connectivity index (χ2n) is 3.21. The Bertz CT molecular complexity index is 511. The molecule has 0 fully saturated rings. The molecule has 0 saturated carbocycles. The van der Waals surface area contributed by atoms with Crippen LogP contribution in [0.2, 0.25) is 0 Å². The Balaban J connectivity index is 0.00000289. The van der Waals surface area contributed by atoms with Crippen LogP contribution in [0, 0.1) is 6.92 Å². The molecule has 0 saturated heterocycles. The standard InChI is InChI=1S/C9H14N2O5S.ClH/c1-6-8(17(13,14)11-4-3-10)5-7(16-6)9(12)15-2;/h5,11H,3-4,10H2,1-2H3;1H. The normalized spacial score (nSPS) is 10.8. The predicted octanol–water partition coefficient (Wildman–Crippen LogP) is 0.0334. The maximum atomic E-state index is 11.8. The van der Waals surface area contributed by atoms with Crippen molar-refractivity contribution < 1.29 is 22.4 Å². The molecule has 104 valence electrons. The van der Waals surface area contributed by atoms with Crippen molar-refractivity contribution in [1.82, 2.24) is 4.72 Å². The summed E-state index contributed by atoms with van der Waals surface area (Å²) in [5, 5.41) is 0. The van der Waals surface area contributed by atoms with Gasteiger partial charge in [0.25, 0.3) is 0 Å². The van der Waals surface area contributed by atoms with Crippen LogP contribution in [-0.4, -0.2) is 34.6 Å². The molecule has 0 radical (unpaired) electrons. The van der Waals surface area contributed by atoms with Gasteiger partial charge in [0.05, 0.1) is 7.11 Å². The van der Waals surface area contributed by atoms with Crippen molar-refractivity contribution in [2.24, 2.45) is 5.73 Å². The molecule has 7 nitrogen and oxygen atoms in total. The van der Waals surface area contributed by atoms with Gasteiger partial charge in [-0.15, -0.1) is 12.4 Å². The summed E-state index contributed by atoms with van der Waals surface area (Å²) in [7, 11) is -2.52. The maximum absolute atomic E-state index is 11.8. The fraction of sp³-hybridized carbons (Fsp3) is 0.444. The Morgan fingerprint density at radius 3 is 2.67 bits per heavy atom. The highest BCUT2D eigenvalue weighted by Gasteiger charge is 2.23. The molecule has 1 aromatic heterocycles. The average molecular weight is 299 g/mol. The maximum Gasteiger partial charge on any atom is 0.373 e. The lowest BCUT2D eigenvalue weighted by Gasteiger charge is -2.02. The van der Waals surface area contributed by atoms with Gasteiger partial charge in [-0.05, 0) is 6.92 Å². The van der Waals surface area contributed by atoms with Crippen LogP contribution in [-0.2, 0) is 14.8 Å². The third-order valence-electron chi connectivity index (χ3n) is 1.98. The van der Waals surface area contributed by atoms with E-state index in [0.29, 0.717) is 0 Å². The summed E-state index contributed by atoms with van der Waals surface area (Å²) in [4.78, 5) is 11.1. The van der Waals surface area contributed by atoms with E-state index in [2.05, 4.69) is 9.46 Å². The van der Waals surface area contributed by atoms with Gasteiger partial charge >= 0.3 is 5.97 Å². The zero-order valence-electron chi connectivity index (χ0n) is 9.93. The van der Waals surface area contributed by atoms with Crippen LogP contribution in [0.1, 0.15) is 16.3 Å². The highest BCUT2D eigenvalue weighted by atomic mass is 35.5. The molecular formula is C9H15ClN2O5S. The van der Waals surface area contributed by atoms with Crippen molar-refractivity contribution in [3.05, 3.63) is 17.6 Å². The van der Waals surface area contributed by atoms with Crippen LogP contribution in [0.3, 0.4) is 0 Å². The molecule has 0 spiro atoms. The predicted molar refractivity (Wildman–Crippen MR) is 66.3 cm³/mol. The first kappa shape index (κ1) is 16.9. The summed E-state index contributed by atoms with van der Waals surface area (Å²) in [6.07, 6.45) is 0. The molecule has 1 aromatic rings. The van der Waals surface area contributed by atoms with Gasteiger partial charge in [0, 0.05) is 19.2 Å². The molecule has 0 bridgehead atoms. The van der Waals surface area contributed by atoms with Crippen molar-refractivity contribution >= 4 is 28.4 Å². The van der Waals surface area contributed by atoms with E-state index in [4.69, 9.17) is 10.2 Å². The summed E-state index contributed by atoms with van der Waals surface area (Å²) < 4.78 is 35.2. The van der Waals surface area contributed by atoms with E-state index < -0.39 is 16.0 Å². The molecule has 1 rings (SSSR count). The fourth-order valence-electron chi connectivity index (χ4n) is 1.20. The topological polar surface area (TPSA) is 112 Å². The van der Waals surface area contributed by atoms with E-state index in [0.717, 1.165) is 6.07 Å². The molecule has 0 unspecified atom stereocenters. The summed E-state index contributed by atoms with van der Waals surface area (Å²) in [6, 6.07) is 1.13. The molecule has 3 N–H and O–H groups in total. The summed E-state index contributed by atoms with van der Waals surface area (Å²) in [5.74, 6) is -0.763. The molecular weight excluding hydrogens is 284 g/mol. The van der Waals surface area contributed by atoms with E-state index in [1.165, 1.54) is 14.0 Å². The minimum Gasteiger partial charge on any atom is -0.463 e. The summed E-state index contributed by atoms with van der Waals surface area (Å²) >= 11 is 0. The number of hydrogen-bond donors (Lipinski definition) is 2. The number of ether oxygens (including phenoxy) is 1. The van der Waals surface area contributed by atoms with E-state index in [-0.39, 0.29) is 41.9 Å². The number of aryl methyl sites for hydroxylation is 1. The van der Waals surface area contributed by atoms with Gasteiger partial charge in [0.2, 0.25) is 15.8 Å². The summed E-state index contributed by atoms with van der Waals surface area (Å²) in [5.41, 5.74) is 5.20. The number of halogens is 1. The molecule has 9 heteroatoms. The minimum atomic E-state index is -3.71. The smallest absolute Gasteiger partial charge is 0.373 e. The number of carbonyl (C=O) groups is 1. The molecule has 18 heavy (non-hydrogen) atoms. The van der Waals surface area contributed by atoms with Gasteiger partial charge in [0.1, 0.15) is 10.7 Å². The van der Waals surface area contributed by atoms with Gasteiger partial charge in [-0.25, -0.2) is 17.9 Å². The molecule has 0 aliphatic carbocycles. The van der Waals surface area contributed by atoms with Crippen LogP contribution in [0.25, 0.3) is 0 Å². The molecule has 0 amide bonds. The van der Waals surface area contributed by atoms with Gasteiger partial charge in [0.15, 0.2) is 0 Å². The van der Waals surface area contributed by atoms with E-state index in [9.17, 15) is 13.2 Å². The Morgan fingerprint density at radius 2 is 2.17 bits per heavy atom. The lowest BCUT2D eigenvalue weighted by molar-refractivity contribution is 0.0563. The Labute approximate surface area is 111 Å². The second kappa shape index (κ2) is 6.74. The number of hydrogen-bond acceptors (Lipinski definition) is 6. The van der Waals surface area contributed by atoms with Crippen LogP contribution >= 0.6 is 12.4 Å². The zero-order chi connectivity index (χ0) is 13.1. The van der Waals surface area contributed by atoms with Crippen LogP contribution in [0.5, 0.6) is 0 Å². The second-order valence-corrected chi connectivity index (χ2v) is 4.94. The fourth-order valence-corrected chi connectivity index (χ4v) is 2.43. The van der Waals surface area contributed by atoms with Crippen molar-refractivity contribution in [3.8, 4) is 0 Å². The average Bonchev–Trinajstić information content (AvgIpc) is 2.68. The monoisotopic (exact) mass is 298 g/mol. The molecule has 0 aliphatic rings. The third-order valence-corrected chi connectivity index (χ3v) is 3.55. The third kappa shape index (κ3) is 3.70. The number of nitrogens with one attached hydrogen (secondary N) is 1. The van der Waals surface area contributed by atoms with Crippen molar-refractivity contribution in [1.29, 1.82) is 0 Å². The van der Waals surface area contributed by atoms with Gasteiger partial charge in [-0.2, -0.15) is 0 Å². The number of furan rings is 1. The Morgan fingerprint density at radius 1 is 1.56 bits per heavy atom. The van der Waals surface area contributed by atoms with Crippen molar-refractivity contribution in [3.63, 3.8) is 0 Å². The van der Waals surface area contributed by atoms with E-state index in [1.54, 1.807) is 0 Å². The molecule has 1 heterocycles. The molecule has 0 aliphatic heterocycles. The van der Waals surface area contributed by atoms with Crippen LogP contribution < -0.4 is 10.5 Å². The van der Waals surface area contributed by atoms with E-state index in [1.807, 2.05) is 0 Å². The number of sulfonamides is 1. The number of nitrogens with two attached hydrogens (primary N) is 1. The first-order valence-electron chi connectivity index (χ1n) is 4.81. The number of esters is 1. The zero-order valence-corrected chi connectivity index (χ0v) is 11.6. The van der Waals surface area contributed by atoms with Crippen molar-refractivity contribution in [2.45, 2.75) is 11.8 Å². The van der Waals surface area contributed by atoms with Gasteiger partial charge in [-0.1, -0.05) is 0 Å². The van der Waals surface area contributed by atoms with Crippen LogP contribution in [0.4, 0.5) is 0 Å². The highest BCUT2D eigenvalue weighted by Crippen LogP contribution is 2.20. The summed E-state index contributed by atoms with van der Waals surface area (Å²) in [6.45, 7) is 1.74. The SMILES string of the molecule is COC(=O)c1cc(S(=O)(=O)NCCN)c(C)o1.Cl. The Hall–Kier alpha value is -1.09. The largest absolute Gasteiger partial charge is 0.463 e. The van der Waals surface area contributed by atoms with E-state index >= 15 is 0 Å². The minimum absolute atomic E-state index is 0. The van der Waals surface area contributed by atoms with Gasteiger partial charge in [-0.3, -0.25) is 0 Å².